The van der Waals surface area contributed by atoms with Crippen molar-refractivity contribution in [2.75, 3.05) is 13.2 Å². The van der Waals surface area contributed by atoms with E-state index in [-0.39, 0.29) is 0 Å². The SMILES string of the molecule is Cc1cc(CNC(=S)NCC2CCCO2)nn1C. The lowest BCUT2D eigenvalue weighted by Gasteiger charge is -2.13. The van der Waals surface area contributed by atoms with E-state index in [0.29, 0.717) is 17.8 Å². The number of hydrogen-bond donors (Lipinski definition) is 2. The van der Waals surface area contributed by atoms with Gasteiger partial charge < -0.3 is 15.4 Å². The zero-order valence-corrected chi connectivity index (χ0v) is 11.7. The monoisotopic (exact) mass is 268 g/mol. The highest BCUT2D eigenvalue weighted by atomic mass is 32.1. The number of hydrogen-bond acceptors (Lipinski definition) is 3. The third kappa shape index (κ3) is 3.68. The number of nitrogens with zero attached hydrogens (tertiary/aromatic N) is 2. The molecular weight excluding hydrogens is 248 g/mol. The molecule has 0 aliphatic carbocycles. The molecule has 2 rings (SSSR count). The van der Waals surface area contributed by atoms with Gasteiger partial charge in [0.1, 0.15) is 0 Å². The van der Waals surface area contributed by atoms with Crippen LogP contribution >= 0.6 is 12.2 Å². The minimum atomic E-state index is 0.307. The molecule has 5 nitrogen and oxygen atoms in total. The second-order valence-corrected chi connectivity index (χ2v) is 5.01. The van der Waals surface area contributed by atoms with Crippen molar-refractivity contribution in [3.63, 3.8) is 0 Å². The third-order valence-electron chi connectivity index (χ3n) is 3.11. The predicted octanol–water partition coefficient (Wildman–Crippen LogP) is 0.872. The number of aromatic nitrogens is 2. The smallest absolute Gasteiger partial charge is 0.166 e. The van der Waals surface area contributed by atoms with Crippen LogP contribution < -0.4 is 10.6 Å². The van der Waals surface area contributed by atoms with E-state index < -0.39 is 0 Å². The van der Waals surface area contributed by atoms with Crippen molar-refractivity contribution in [1.29, 1.82) is 0 Å². The minimum Gasteiger partial charge on any atom is -0.376 e. The Bertz CT molecular complexity index is 393. The lowest BCUT2D eigenvalue weighted by atomic mass is 10.2. The van der Waals surface area contributed by atoms with Crippen molar-refractivity contribution in [1.82, 2.24) is 20.4 Å². The van der Waals surface area contributed by atoms with Crippen LogP contribution in [-0.4, -0.2) is 34.1 Å². The van der Waals surface area contributed by atoms with Crippen LogP contribution in [0.25, 0.3) is 0 Å². The molecule has 1 unspecified atom stereocenters. The molecule has 2 N–H and O–H groups in total. The zero-order chi connectivity index (χ0) is 13.0. The van der Waals surface area contributed by atoms with Crippen LogP contribution in [0.1, 0.15) is 24.2 Å². The second-order valence-electron chi connectivity index (χ2n) is 4.60. The first-order valence-electron chi connectivity index (χ1n) is 6.28. The summed E-state index contributed by atoms with van der Waals surface area (Å²) < 4.78 is 7.38. The average molecular weight is 268 g/mol. The molecule has 0 radical (unpaired) electrons. The summed E-state index contributed by atoms with van der Waals surface area (Å²) in [5, 5.41) is 11.4. The summed E-state index contributed by atoms with van der Waals surface area (Å²) in [6.45, 7) is 4.34. The summed E-state index contributed by atoms with van der Waals surface area (Å²) in [5.41, 5.74) is 2.14. The van der Waals surface area contributed by atoms with Gasteiger partial charge in [0.15, 0.2) is 5.11 Å². The highest BCUT2D eigenvalue weighted by Gasteiger charge is 2.15. The standard InChI is InChI=1S/C12H20N4OS/c1-9-6-10(15-16(9)2)7-13-12(18)14-8-11-4-3-5-17-11/h6,11H,3-5,7-8H2,1-2H3,(H2,13,14,18). The predicted molar refractivity (Wildman–Crippen MR) is 74.4 cm³/mol. The topological polar surface area (TPSA) is 51.1 Å². The number of thiocarbonyl (C=S) groups is 1. The maximum atomic E-state index is 5.52. The van der Waals surface area contributed by atoms with Gasteiger partial charge in [0.2, 0.25) is 0 Å². The quantitative estimate of drug-likeness (QED) is 0.794. The maximum absolute atomic E-state index is 5.52. The van der Waals surface area contributed by atoms with Crippen molar-refractivity contribution < 1.29 is 4.74 Å². The van der Waals surface area contributed by atoms with Gasteiger partial charge in [-0.2, -0.15) is 5.10 Å². The molecule has 0 spiro atoms. The Balaban J connectivity index is 1.67. The van der Waals surface area contributed by atoms with Gasteiger partial charge in [-0.05, 0) is 38.0 Å². The highest BCUT2D eigenvalue weighted by Crippen LogP contribution is 2.10. The van der Waals surface area contributed by atoms with E-state index in [1.807, 2.05) is 18.7 Å². The summed E-state index contributed by atoms with van der Waals surface area (Å²) in [6, 6.07) is 2.05. The van der Waals surface area contributed by atoms with E-state index in [0.717, 1.165) is 37.4 Å². The van der Waals surface area contributed by atoms with Crippen molar-refractivity contribution in [3.8, 4) is 0 Å². The van der Waals surface area contributed by atoms with Gasteiger partial charge >= 0.3 is 0 Å². The molecule has 1 saturated heterocycles. The Hall–Kier alpha value is -1.14. The fourth-order valence-corrected chi connectivity index (χ4v) is 2.12. The fourth-order valence-electron chi connectivity index (χ4n) is 1.97. The van der Waals surface area contributed by atoms with Gasteiger partial charge in [-0.25, -0.2) is 0 Å². The van der Waals surface area contributed by atoms with Crippen molar-refractivity contribution in [3.05, 3.63) is 17.5 Å². The van der Waals surface area contributed by atoms with Crippen molar-refractivity contribution in [2.45, 2.75) is 32.4 Å². The zero-order valence-electron chi connectivity index (χ0n) is 10.9. The van der Waals surface area contributed by atoms with Crippen LogP contribution in [0.3, 0.4) is 0 Å². The maximum Gasteiger partial charge on any atom is 0.166 e. The Morgan fingerprint density at radius 1 is 1.61 bits per heavy atom. The van der Waals surface area contributed by atoms with E-state index >= 15 is 0 Å². The molecule has 1 fully saturated rings. The Labute approximate surface area is 113 Å². The van der Waals surface area contributed by atoms with Gasteiger partial charge in [-0.3, -0.25) is 4.68 Å². The molecule has 1 aliphatic heterocycles. The molecular formula is C12H20N4OS. The van der Waals surface area contributed by atoms with Crippen LogP contribution in [0, 0.1) is 6.92 Å². The highest BCUT2D eigenvalue weighted by molar-refractivity contribution is 7.80. The Morgan fingerprint density at radius 3 is 3.06 bits per heavy atom. The molecule has 0 saturated carbocycles. The lowest BCUT2D eigenvalue weighted by Crippen LogP contribution is -2.39. The molecule has 6 heteroatoms. The molecule has 1 aromatic rings. The first-order chi connectivity index (χ1) is 8.65. The van der Waals surface area contributed by atoms with E-state index in [9.17, 15) is 0 Å². The lowest BCUT2D eigenvalue weighted by molar-refractivity contribution is 0.114. The Kier molecular flexibility index (Phi) is 4.54. The molecule has 2 heterocycles. The summed E-state index contributed by atoms with van der Waals surface area (Å²) in [7, 11) is 1.94. The minimum absolute atomic E-state index is 0.307. The van der Waals surface area contributed by atoms with Crippen molar-refractivity contribution >= 4 is 17.3 Å². The van der Waals surface area contributed by atoms with Gasteiger partial charge in [-0.1, -0.05) is 0 Å². The molecule has 1 aromatic heterocycles. The molecule has 100 valence electrons. The second kappa shape index (κ2) is 6.15. The van der Waals surface area contributed by atoms with Crippen LogP contribution in [0.4, 0.5) is 0 Å². The van der Waals surface area contributed by atoms with Crippen LogP contribution in [0.2, 0.25) is 0 Å². The van der Waals surface area contributed by atoms with Crippen LogP contribution in [0.5, 0.6) is 0 Å². The number of aryl methyl sites for hydroxylation is 2. The Morgan fingerprint density at radius 2 is 2.44 bits per heavy atom. The summed E-state index contributed by atoms with van der Waals surface area (Å²) in [5.74, 6) is 0. The van der Waals surface area contributed by atoms with Gasteiger partial charge in [0, 0.05) is 25.9 Å². The van der Waals surface area contributed by atoms with Gasteiger partial charge in [-0.15, -0.1) is 0 Å². The molecule has 18 heavy (non-hydrogen) atoms. The molecule has 0 amide bonds. The average Bonchev–Trinajstić information content (AvgIpc) is 2.95. The van der Waals surface area contributed by atoms with Crippen LogP contribution in [0.15, 0.2) is 6.07 Å². The molecule has 1 aliphatic rings. The number of rotatable bonds is 4. The normalized spacial score (nSPS) is 18.9. The van der Waals surface area contributed by atoms with E-state index in [1.165, 1.54) is 0 Å². The first-order valence-corrected chi connectivity index (χ1v) is 6.69. The summed E-state index contributed by atoms with van der Waals surface area (Å²) >= 11 is 5.22. The summed E-state index contributed by atoms with van der Waals surface area (Å²) in [4.78, 5) is 0. The largest absolute Gasteiger partial charge is 0.376 e. The summed E-state index contributed by atoms with van der Waals surface area (Å²) in [6.07, 6.45) is 2.58. The first kappa shape index (κ1) is 13.3. The fraction of sp³-hybridized carbons (Fsp3) is 0.667. The van der Waals surface area contributed by atoms with Gasteiger partial charge in [0.05, 0.1) is 18.3 Å². The molecule has 0 aromatic carbocycles. The van der Waals surface area contributed by atoms with Gasteiger partial charge in [0.25, 0.3) is 0 Å². The van der Waals surface area contributed by atoms with Crippen molar-refractivity contribution in [2.24, 2.45) is 7.05 Å². The third-order valence-corrected chi connectivity index (χ3v) is 3.40. The molecule has 1 atom stereocenters. The van der Waals surface area contributed by atoms with E-state index in [1.54, 1.807) is 0 Å². The van der Waals surface area contributed by atoms with E-state index in [2.05, 4.69) is 21.8 Å². The van der Waals surface area contributed by atoms with Crippen LogP contribution in [-0.2, 0) is 18.3 Å². The number of ether oxygens (including phenoxy) is 1. The molecule has 0 bridgehead atoms. The van der Waals surface area contributed by atoms with E-state index in [4.69, 9.17) is 17.0 Å². The number of nitrogens with one attached hydrogen (secondary N) is 2.